The van der Waals surface area contributed by atoms with Crippen molar-refractivity contribution in [1.29, 1.82) is 0 Å². The van der Waals surface area contributed by atoms with Crippen LogP contribution in [0.4, 0.5) is 0 Å². The SMILES string of the molecule is Cc1ccc(Sc2ccc(Br)cc2CO)cc1. The fourth-order valence-corrected chi connectivity index (χ4v) is 2.83. The van der Waals surface area contributed by atoms with Crippen LogP contribution < -0.4 is 0 Å². The number of halogens is 1. The van der Waals surface area contributed by atoms with Crippen LogP contribution in [0.3, 0.4) is 0 Å². The predicted molar refractivity (Wildman–Crippen MR) is 75.4 cm³/mol. The summed E-state index contributed by atoms with van der Waals surface area (Å²) in [4.78, 5) is 2.28. The first-order chi connectivity index (χ1) is 8.19. The van der Waals surface area contributed by atoms with E-state index < -0.39 is 0 Å². The van der Waals surface area contributed by atoms with Gasteiger partial charge in [0.05, 0.1) is 6.61 Å². The molecule has 0 amide bonds. The average molecular weight is 309 g/mol. The summed E-state index contributed by atoms with van der Waals surface area (Å²) >= 11 is 5.09. The molecule has 2 rings (SSSR count). The Kier molecular flexibility index (Phi) is 4.26. The Labute approximate surface area is 114 Å². The van der Waals surface area contributed by atoms with Crippen LogP contribution in [-0.2, 0) is 6.61 Å². The highest BCUT2D eigenvalue weighted by Crippen LogP contribution is 2.32. The first kappa shape index (κ1) is 12.7. The molecule has 0 fully saturated rings. The molecule has 1 nitrogen and oxygen atoms in total. The molecule has 0 spiro atoms. The standard InChI is InChI=1S/C14H13BrOS/c1-10-2-5-13(6-3-10)17-14-7-4-12(15)8-11(14)9-16/h2-8,16H,9H2,1H3. The lowest BCUT2D eigenvalue weighted by atomic mass is 10.2. The van der Waals surface area contributed by atoms with Crippen LogP contribution in [0.1, 0.15) is 11.1 Å². The van der Waals surface area contributed by atoms with Crippen LogP contribution in [0, 0.1) is 6.92 Å². The molecule has 0 saturated heterocycles. The van der Waals surface area contributed by atoms with Gasteiger partial charge in [-0.05, 0) is 42.8 Å². The van der Waals surface area contributed by atoms with Crippen molar-refractivity contribution in [3.8, 4) is 0 Å². The Morgan fingerprint density at radius 1 is 1.12 bits per heavy atom. The molecule has 0 aromatic heterocycles. The molecule has 0 unspecified atom stereocenters. The van der Waals surface area contributed by atoms with E-state index in [-0.39, 0.29) is 6.61 Å². The van der Waals surface area contributed by atoms with Crippen molar-refractivity contribution < 1.29 is 5.11 Å². The van der Waals surface area contributed by atoms with Gasteiger partial charge in [0.25, 0.3) is 0 Å². The van der Waals surface area contributed by atoms with Crippen molar-refractivity contribution in [2.45, 2.75) is 23.3 Å². The Bertz CT molecular complexity index is 508. The molecule has 2 aromatic carbocycles. The summed E-state index contributed by atoms with van der Waals surface area (Å²) in [5.41, 5.74) is 2.21. The fourth-order valence-electron chi connectivity index (χ4n) is 1.50. The Hall–Kier alpha value is -0.770. The quantitative estimate of drug-likeness (QED) is 0.907. The second kappa shape index (κ2) is 5.71. The van der Waals surface area contributed by atoms with Crippen LogP contribution in [0.25, 0.3) is 0 Å². The van der Waals surface area contributed by atoms with Gasteiger partial charge in [0.1, 0.15) is 0 Å². The van der Waals surface area contributed by atoms with E-state index in [0.717, 1.165) is 14.9 Å². The smallest absolute Gasteiger partial charge is 0.0693 e. The highest BCUT2D eigenvalue weighted by molar-refractivity contribution is 9.10. The minimum atomic E-state index is 0.0631. The fraction of sp³-hybridized carbons (Fsp3) is 0.143. The number of rotatable bonds is 3. The van der Waals surface area contributed by atoms with Crippen LogP contribution in [0.15, 0.2) is 56.7 Å². The maximum Gasteiger partial charge on any atom is 0.0693 e. The van der Waals surface area contributed by atoms with E-state index in [9.17, 15) is 5.11 Å². The highest BCUT2D eigenvalue weighted by atomic mass is 79.9. The van der Waals surface area contributed by atoms with Gasteiger partial charge < -0.3 is 5.11 Å². The third-order valence-electron chi connectivity index (χ3n) is 2.44. The van der Waals surface area contributed by atoms with Crippen LogP contribution in [0.2, 0.25) is 0 Å². The lowest BCUT2D eigenvalue weighted by Gasteiger charge is -2.07. The largest absolute Gasteiger partial charge is 0.392 e. The molecule has 2 aromatic rings. The van der Waals surface area contributed by atoms with E-state index in [1.54, 1.807) is 11.8 Å². The van der Waals surface area contributed by atoms with Crippen molar-refractivity contribution in [3.05, 3.63) is 58.1 Å². The van der Waals surface area contributed by atoms with Gasteiger partial charge in [-0.25, -0.2) is 0 Å². The number of aliphatic hydroxyl groups excluding tert-OH is 1. The van der Waals surface area contributed by atoms with Gasteiger partial charge in [-0.15, -0.1) is 0 Å². The first-order valence-corrected chi connectivity index (χ1v) is 6.94. The number of benzene rings is 2. The molecule has 0 aliphatic heterocycles. The molecule has 0 atom stereocenters. The first-order valence-electron chi connectivity index (χ1n) is 5.33. The molecular weight excluding hydrogens is 296 g/mol. The van der Waals surface area contributed by atoms with Crippen molar-refractivity contribution in [3.63, 3.8) is 0 Å². The highest BCUT2D eigenvalue weighted by Gasteiger charge is 2.04. The molecule has 0 saturated carbocycles. The zero-order valence-electron chi connectivity index (χ0n) is 9.48. The molecular formula is C14H13BrOS. The van der Waals surface area contributed by atoms with Gasteiger partial charge in [0.2, 0.25) is 0 Å². The third-order valence-corrected chi connectivity index (χ3v) is 4.06. The topological polar surface area (TPSA) is 20.2 Å². The Morgan fingerprint density at radius 3 is 2.47 bits per heavy atom. The van der Waals surface area contributed by atoms with Crippen molar-refractivity contribution >= 4 is 27.7 Å². The normalized spacial score (nSPS) is 10.5. The van der Waals surface area contributed by atoms with Crippen LogP contribution >= 0.6 is 27.7 Å². The van der Waals surface area contributed by atoms with Gasteiger partial charge in [-0.3, -0.25) is 0 Å². The van der Waals surface area contributed by atoms with Gasteiger partial charge >= 0.3 is 0 Å². The maximum atomic E-state index is 9.33. The Morgan fingerprint density at radius 2 is 1.82 bits per heavy atom. The second-order valence-corrected chi connectivity index (χ2v) is 5.86. The Balaban J connectivity index is 2.26. The molecule has 3 heteroatoms. The van der Waals surface area contributed by atoms with Gasteiger partial charge in [-0.1, -0.05) is 45.4 Å². The van der Waals surface area contributed by atoms with E-state index in [4.69, 9.17) is 0 Å². The second-order valence-electron chi connectivity index (χ2n) is 3.83. The summed E-state index contributed by atoms with van der Waals surface area (Å²) in [6.07, 6.45) is 0. The molecule has 1 N–H and O–H groups in total. The summed E-state index contributed by atoms with van der Waals surface area (Å²) in [7, 11) is 0. The molecule has 0 bridgehead atoms. The van der Waals surface area contributed by atoms with E-state index in [0.29, 0.717) is 0 Å². The van der Waals surface area contributed by atoms with Gasteiger partial charge in [0.15, 0.2) is 0 Å². The van der Waals surface area contributed by atoms with Gasteiger partial charge in [-0.2, -0.15) is 0 Å². The summed E-state index contributed by atoms with van der Waals surface area (Å²) in [5.74, 6) is 0. The number of hydrogen-bond donors (Lipinski definition) is 1. The third kappa shape index (κ3) is 3.35. The average Bonchev–Trinajstić information content (AvgIpc) is 2.34. The van der Waals surface area contributed by atoms with E-state index in [2.05, 4.69) is 47.1 Å². The summed E-state index contributed by atoms with van der Waals surface area (Å²) in [5, 5.41) is 9.33. The zero-order chi connectivity index (χ0) is 12.3. The lowest BCUT2D eigenvalue weighted by Crippen LogP contribution is -1.87. The molecule has 88 valence electrons. The molecule has 17 heavy (non-hydrogen) atoms. The molecule has 0 aliphatic carbocycles. The van der Waals surface area contributed by atoms with Crippen molar-refractivity contribution in [2.75, 3.05) is 0 Å². The number of aliphatic hydroxyl groups is 1. The van der Waals surface area contributed by atoms with Crippen molar-refractivity contribution in [2.24, 2.45) is 0 Å². The molecule has 0 aliphatic rings. The zero-order valence-corrected chi connectivity index (χ0v) is 11.9. The van der Waals surface area contributed by atoms with Crippen molar-refractivity contribution in [1.82, 2.24) is 0 Å². The lowest BCUT2D eigenvalue weighted by molar-refractivity contribution is 0.279. The number of hydrogen-bond acceptors (Lipinski definition) is 2. The minimum absolute atomic E-state index is 0.0631. The van der Waals surface area contributed by atoms with Crippen LogP contribution in [-0.4, -0.2) is 5.11 Å². The molecule has 0 radical (unpaired) electrons. The minimum Gasteiger partial charge on any atom is -0.392 e. The van der Waals surface area contributed by atoms with E-state index >= 15 is 0 Å². The van der Waals surface area contributed by atoms with Crippen LogP contribution in [0.5, 0.6) is 0 Å². The molecule has 0 heterocycles. The summed E-state index contributed by atoms with van der Waals surface area (Å²) in [6, 6.07) is 14.4. The van der Waals surface area contributed by atoms with E-state index in [1.807, 2.05) is 18.2 Å². The summed E-state index contributed by atoms with van der Waals surface area (Å²) < 4.78 is 0.995. The van der Waals surface area contributed by atoms with Gasteiger partial charge in [0, 0.05) is 14.3 Å². The maximum absolute atomic E-state index is 9.33. The monoisotopic (exact) mass is 308 g/mol. The summed E-state index contributed by atoms with van der Waals surface area (Å²) in [6.45, 7) is 2.14. The predicted octanol–water partition coefficient (Wildman–Crippen LogP) is 4.40. The number of aryl methyl sites for hydroxylation is 1. The van der Waals surface area contributed by atoms with E-state index in [1.165, 1.54) is 10.5 Å².